The van der Waals surface area contributed by atoms with Crippen LogP contribution in [-0.4, -0.2) is 81.1 Å². The summed E-state index contributed by atoms with van der Waals surface area (Å²) in [4.78, 5) is 71.2. The lowest BCUT2D eigenvalue weighted by Crippen LogP contribution is -2.77. The Morgan fingerprint density at radius 1 is 0.872 bits per heavy atom. The standard InChI is InChI=1S/C36H37N3O8/c1-18-21-14-15-22(39(16-19-10-6-4-7-11-19)17-20-12-8-5-9-13-20)29(40)24(21)30(41)25-23(18)31(42)27-28(38(2)3)32(43)26(35(37)46)34(45)36(27,47)33(25)44/h4-15,18,23,25-28,31,40,42,47H,16-17H2,1-3H3,(H2,37,46). The summed E-state index contributed by atoms with van der Waals surface area (Å²) in [6.45, 7) is 2.44. The normalized spacial score (nSPS) is 30.0. The molecule has 11 nitrogen and oxygen atoms in total. The predicted octanol–water partition coefficient (Wildman–Crippen LogP) is 1.61. The third-order valence-corrected chi connectivity index (χ3v) is 10.2. The first-order valence-electron chi connectivity index (χ1n) is 15.5. The van der Waals surface area contributed by atoms with Crippen molar-refractivity contribution in [2.24, 2.45) is 29.4 Å². The van der Waals surface area contributed by atoms with E-state index < -0.39 is 76.4 Å². The first-order chi connectivity index (χ1) is 22.3. The fourth-order valence-electron chi connectivity index (χ4n) is 8.07. The molecule has 0 aromatic heterocycles. The fourth-order valence-corrected chi connectivity index (χ4v) is 8.07. The second-order valence-electron chi connectivity index (χ2n) is 13.1. The third kappa shape index (κ3) is 4.88. The molecular formula is C36H37N3O8. The minimum Gasteiger partial charge on any atom is -0.505 e. The molecule has 5 N–H and O–H groups in total. The van der Waals surface area contributed by atoms with E-state index in [4.69, 9.17) is 5.73 Å². The maximum Gasteiger partial charge on any atom is 0.235 e. The molecule has 8 atom stereocenters. The lowest BCUT2D eigenvalue weighted by molar-refractivity contribution is -0.196. The first kappa shape index (κ1) is 32.2. The van der Waals surface area contributed by atoms with Gasteiger partial charge >= 0.3 is 0 Å². The summed E-state index contributed by atoms with van der Waals surface area (Å²) in [6, 6.07) is 21.1. The van der Waals surface area contributed by atoms with E-state index in [9.17, 15) is 39.3 Å². The highest BCUT2D eigenvalue weighted by Crippen LogP contribution is 2.55. The SMILES string of the molecule is CC1c2ccc(N(Cc3ccccc3)Cc3ccccc3)c(O)c2C(=O)C2C(=O)C3(O)C(=O)C(C(N)=O)C(=O)C(N(C)C)C3C(O)C21. The molecule has 0 aliphatic heterocycles. The van der Waals surface area contributed by atoms with Gasteiger partial charge in [0.2, 0.25) is 5.91 Å². The fraction of sp³-hybridized carbons (Fsp3) is 0.361. The molecule has 8 unspecified atom stereocenters. The molecule has 1 amide bonds. The number of aliphatic hydroxyl groups is 2. The highest BCUT2D eigenvalue weighted by Gasteiger charge is 2.72. The zero-order valence-corrected chi connectivity index (χ0v) is 26.2. The summed E-state index contributed by atoms with van der Waals surface area (Å²) in [6.07, 6.45) is -1.68. The van der Waals surface area contributed by atoms with Crippen LogP contribution in [0.3, 0.4) is 0 Å². The Labute approximate surface area is 271 Å². The van der Waals surface area contributed by atoms with Crippen LogP contribution < -0.4 is 10.6 Å². The zero-order chi connectivity index (χ0) is 33.9. The number of benzene rings is 3. The van der Waals surface area contributed by atoms with E-state index >= 15 is 0 Å². The maximum absolute atomic E-state index is 14.4. The van der Waals surface area contributed by atoms with Gasteiger partial charge in [-0.15, -0.1) is 0 Å². The summed E-state index contributed by atoms with van der Waals surface area (Å²) < 4.78 is 0. The number of hydrogen-bond donors (Lipinski definition) is 4. The van der Waals surface area contributed by atoms with Crippen LogP contribution >= 0.6 is 0 Å². The number of rotatable bonds is 7. The van der Waals surface area contributed by atoms with Gasteiger partial charge in [0.15, 0.2) is 34.7 Å². The van der Waals surface area contributed by atoms with Crippen LogP contribution in [0.15, 0.2) is 72.8 Å². The van der Waals surface area contributed by atoms with Crippen LogP contribution in [-0.2, 0) is 32.3 Å². The second-order valence-corrected chi connectivity index (χ2v) is 13.1. The van der Waals surface area contributed by atoms with Gasteiger partial charge in [0.1, 0.15) is 5.75 Å². The number of likely N-dealkylation sites (N-methyl/N-ethyl adjacent to an activating group) is 1. The first-order valence-corrected chi connectivity index (χ1v) is 15.5. The van der Waals surface area contributed by atoms with Crippen LogP contribution in [0, 0.1) is 23.7 Å². The predicted molar refractivity (Wildman–Crippen MR) is 170 cm³/mol. The zero-order valence-electron chi connectivity index (χ0n) is 26.2. The van der Waals surface area contributed by atoms with E-state index in [-0.39, 0.29) is 11.3 Å². The second kappa shape index (κ2) is 11.8. The highest BCUT2D eigenvalue weighted by molar-refractivity contribution is 6.32. The number of phenolic OH excluding ortho intramolecular Hbond substituents is 1. The number of phenols is 1. The Hall–Kier alpha value is -4.71. The number of nitrogens with zero attached hydrogens (tertiary/aromatic N) is 2. The van der Waals surface area contributed by atoms with E-state index in [2.05, 4.69) is 0 Å². The average molecular weight is 640 g/mol. The van der Waals surface area contributed by atoms with Gasteiger partial charge in [-0.05, 0) is 42.8 Å². The Morgan fingerprint density at radius 3 is 1.94 bits per heavy atom. The molecular weight excluding hydrogens is 602 g/mol. The summed E-state index contributed by atoms with van der Waals surface area (Å²) in [5.41, 5.74) is 4.83. The van der Waals surface area contributed by atoms with E-state index in [1.54, 1.807) is 19.1 Å². The Balaban J connectivity index is 1.47. The van der Waals surface area contributed by atoms with Crippen molar-refractivity contribution in [3.05, 3.63) is 95.1 Å². The summed E-state index contributed by atoms with van der Waals surface area (Å²) >= 11 is 0. The van der Waals surface area contributed by atoms with Crippen molar-refractivity contribution in [3.63, 3.8) is 0 Å². The van der Waals surface area contributed by atoms with Crippen molar-refractivity contribution >= 4 is 34.7 Å². The Bertz CT molecular complexity index is 1740. The molecule has 11 heteroatoms. The van der Waals surface area contributed by atoms with Crippen LogP contribution in [0.4, 0.5) is 5.69 Å². The van der Waals surface area contributed by atoms with Gasteiger partial charge in [0, 0.05) is 19.0 Å². The molecule has 244 valence electrons. The number of Topliss-reactive ketones (excluding diaryl/α,β-unsaturated/α-hetero) is 4. The van der Waals surface area contributed by atoms with E-state index in [0.29, 0.717) is 24.3 Å². The number of nitrogens with two attached hydrogens (primary N) is 1. The third-order valence-electron chi connectivity index (χ3n) is 10.2. The van der Waals surface area contributed by atoms with Gasteiger partial charge < -0.3 is 26.0 Å². The lowest BCUT2D eigenvalue weighted by Gasteiger charge is -2.56. The highest BCUT2D eigenvalue weighted by atomic mass is 16.3. The van der Waals surface area contributed by atoms with Crippen molar-refractivity contribution in [2.45, 2.75) is 43.7 Å². The van der Waals surface area contributed by atoms with Crippen molar-refractivity contribution in [3.8, 4) is 5.75 Å². The minimum absolute atomic E-state index is 0.139. The molecule has 0 radical (unpaired) electrons. The number of carbonyl (C=O) groups is 5. The van der Waals surface area contributed by atoms with Gasteiger partial charge in [-0.1, -0.05) is 73.7 Å². The number of fused-ring (bicyclic) bond motifs is 3. The topological polar surface area (TPSA) is 179 Å². The smallest absolute Gasteiger partial charge is 0.235 e. The number of primary amides is 1. The molecule has 0 bridgehead atoms. The largest absolute Gasteiger partial charge is 0.505 e. The van der Waals surface area contributed by atoms with E-state index in [1.807, 2.05) is 65.6 Å². The molecule has 3 aromatic carbocycles. The molecule has 6 rings (SSSR count). The van der Waals surface area contributed by atoms with Crippen LogP contribution in [0.5, 0.6) is 5.75 Å². The molecule has 0 saturated heterocycles. The molecule has 3 aliphatic rings. The van der Waals surface area contributed by atoms with Crippen molar-refractivity contribution in [1.29, 1.82) is 0 Å². The Kier molecular flexibility index (Phi) is 8.11. The molecule has 47 heavy (non-hydrogen) atoms. The van der Waals surface area contributed by atoms with Crippen LogP contribution in [0.1, 0.15) is 39.9 Å². The van der Waals surface area contributed by atoms with Crippen LogP contribution in [0.25, 0.3) is 0 Å². The minimum atomic E-state index is -3.05. The number of aromatic hydroxyl groups is 1. The lowest BCUT2D eigenvalue weighted by atomic mass is 9.49. The number of ketones is 4. The molecule has 3 aliphatic carbocycles. The maximum atomic E-state index is 14.4. The quantitative estimate of drug-likeness (QED) is 0.278. The van der Waals surface area contributed by atoms with Crippen molar-refractivity contribution in [1.82, 2.24) is 4.90 Å². The number of aliphatic hydroxyl groups excluding tert-OH is 1. The molecule has 2 fully saturated rings. The molecule has 2 saturated carbocycles. The van der Waals surface area contributed by atoms with Gasteiger partial charge in [-0.25, -0.2) is 0 Å². The van der Waals surface area contributed by atoms with Crippen molar-refractivity contribution < 1.29 is 39.3 Å². The molecule has 0 heterocycles. The summed E-state index contributed by atoms with van der Waals surface area (Å²) in [7, 11) is 2.92. The summed E-state index contributed by atoms with van der Waals surface area (Å²) in [5, 5.41) is 35.6. The molecule has 3 aromatic rings. The Morgan fingerprint density at radius 2 is 1.43 bits per heavy atom. The average Bonchev–Trinajstić information content (AvgIpc) is 3.03. The number of hydrogen-bond acceptors (Lipinski definition) is 10. The van der Waals surface area contributed by atoms with E-state index in [1.165, 1.54) is 19.0 Å². The van der Waals surface area contributed by atoms with Gasteiger partial charge in [-0.2, -0.15) is 0 Å². The van der Waals surface area contributed by atoms with Gasteiger partial charge in [0.05, 0.1) is 35.2 Å². The monoisotopic (exact) mass is 639 g/mol. The van der Waals surface area contributed by atoms with Crippen LogP contribution in [0.2, 0.25) is 0 Å². The number of carbonyl (C=O) groups excluding carboxylic acids is 5. The van der Waals surface area contributed by atoms with Gasteiger partial charge in [0.25, 0.3) is 0 Å². The molecule has 0 spiro atoms. The summed E-state index contributed by atoms with van der Waals surface area (Å²) in [5.74, 6) is -13.5. The number of amides is 1. The van der Waals surface area contributed by atoms with Crippen molar-refractivity contribution in [2.75, 3.05) is 19.0 Å². The number of anilines is 1. The van der Waals surface area contributed by atoms with E-state index in [0.717, 1.165) is 11.1 Å². The van der Waals surface area contributed by atoms with Gasteiger partial charge in [-0.3, -0.25) is 28.9 Å².